The normalized spacial score (nSPS) is 14.0. The maximum atomic E-state index is 13.0. The largest absolute Gasteiger partial charge is 0.368 e. The number of carbonyl (C=O) groups is 1. The van der Waals surface area contributed by atoms with Gasteiger partial charge in [-0.05, 0) is 49.2 Å². The monoisotopic (exact) mass is 386 g/mol. The molecule has 5 heteroatoms. The molecule has 0 aliphatic carbocycles. The molecule has 0 bridgehead atoms. The van der Waals surface area contributed by atoms with Crippen molar-refractivity contribution in [1.29, 1.82) is 0 Å². The summed E-state index contributed by atoms with van der Waals surface area (Å²) in [5.74, 6) is -0.0112. The van der Waals surface area contributed by atoms with Crippen LogP contribution in [0.25, 0.3) is 0 Å². The molecular formula is C24H26N4O. The van der Waals surface area contributed by atoms with Gasteiger partial charge in [-0.2, -0.15) is 0 Å². The number of piperazine rings is 1. The Kier molecular flexibility index (Phi) is 5.47. The van der Waals surface area contributed by atoms with E-state index in [-0.39, 0.29) is 5.91 Å². The zero-order valence-electron chi connectivity index (χ0n) is 16.9. The number of anilines is 3. The molecular weight excluding hydrogens is 360 g/mol. The number of hydrogen-bond acceptors (Lipinski definition) is 4. The molecule has 1 N–H and O–H groups in total. The Hall–Kier alpha value is -3.34. The van der Waals surface area contributed by atoms with Gasteiger partial charge in [-0.25, -0.2) is 0 Å². The second kappa shape index (κ2) is 8.35. The lowest BCUT2D eigenvalue weighted by Crippen LogP contribution is -2.49. The number of amides is 1. The summed E-state index contributed by atoms with van der Waals surface area (Å²) in [7, 11) is 0. The molecule has 0 atom stereocenters. The first-order valence-electron chi connectivity index (χ1n) is 10.0. The van der Waals surface area contributed by atoms with Gasteiger partial charge in [0.1, 0.15) is 5.69 Å². The van der Waals surface area contributed by atoms with Crippen molar-refractivity contribution in [3.05, 3.63) is 83.7 Å². The van der Waals surface area contributed by atoms with Crippen LogP contribution in [0.4, 0.5) is 17.1 Å². The number of nitrogens with one attached hydrogen (secondary N) is 1. The Balaban J connectivity index is 1.44. The molecule has 1 amide bonds. The minimum absolute atomic E-state index is 0.0112. The number of rotatable bonds is 4. The number of pyridine rings is 1. The van der Waals surface area contributed by atoms with Crippen molar-refractivity contribution in [2.45, 2.75) is 13.8 Å². The molecule has 0 unspecified atom stereocenters. The van der Waals surface area contributed by atoms with Gasteiger partial charge in [0.15, 0.2) is 0 Å². The van der Waals surface area contributed by atoms with E-state index in [0.29, 0.717) is 18.8 Å². The molecule has 2 aromatic carbocycles. The average molecular weight is 386 g/mol. The molecule has 0 spiro atoms. The number of hydrogen-bond donors (Lipinski definition) is 1. The van der Waals surface area contributed by atoms with Crippen molar-refractivity contribution in [3.8, 4) is 0 Å². The van der Waals surface area contributed by atoms with Gasteiger partial charge in [-0.3, -0.25) is 9.78 Å². The Morgan fingerprint density at radius 1 is 0.897 bits per heavy atom. The van der Waals surface area contributed by atoms with E-state index in [0.717, 1.165) is 24.5 Å². The molecule has 0 radical (unpaired) electrons. The molecule has 1 aliphatic heterocycles. The second-order valence-electron chi connectivity index (χ2n) is 7.44. The summed E-state index contributed by atoms with van der Waals surface area (Å²) >= 11 is 0. The van der Waals surface area contributed by atoms with Crippen LogP contribution in [0, 0.1) is 13.8 Å². The van der Waals surface area contributed by atoms with E-state index >= 15 is 0 Å². The van der Waals surface area contributed by atoms with E-state index in [2.05, 4.69) is 53.3 Å². The quantitative estimate of drug-likeness (QED) is 0.722. The van der Waals surface area contributed by atoms with Crippen molar-refractivity contribution in [2.24, 2.45) is 0 Å². The lowest BCUT2D eigenvalue weighted by Gasteiger charge is -2.36. The van der Waals surface area contributed by atoms with Gasteiger partial charge in [0, 0.05) is 49.4 Å². The zero-order chi connectivity index (χ0) is 20.2. The highest BCUT2D eigenvalue weighted by molar-refractivity contribution is 5.93. The van der Waals surface area contributed by atoms with E-state index in [1.807, 2.05) is 41.3 Å². The fourth-order valence-electron chi connectivity index (χ4n) is 3.75. The number of benzene rings is 2. The van der Waals surface area contributed by atoms with Crippen LogP contribution >= 0.6 is 0 Å². The SMILES string of the molecule is Cc1cccc(C)c1Nc1ccnc(C(=O)N2CCN(c3ccccc3)CC2)c1. The molecule has 1 saturated heterocycles. The Bertz CT molecular complexity index is 975. The predicted octanol–water partition coefficient (Wildman–Crippen LogP) is 4.40. The molecule has 1 fully saturated rings. The van der Waals surface area contributed by atoms with E-state index in [1.54, 1.807) is 6.20 Å². The highest BCUT2D eigenvalue weighted by Gasteiger charge is 2.23. The first-order valence-corrected chi connectivity index (χ1v) is 10.0. The first kappa shape index (κ1) is 19.0. The molecule has 1 aromatic heterocycles. The summed E-state index contributed by atoms with van der Waals surface area (Å²) in [5, 5.41) is 3.45. The van der Waals surface area contributed by atoms with Crippen LogP contribution < -0.4 is 10.2 Å². The highest BCUT2D eigenvalue weighted by atomic mass is 16.2. The van der Waals surface area contributed by atoms with E-state index in [9.17, 15) is 4.79 Å². The fourth-order valence-corrected chi connectivity index (χ4v) is 3.75. The summed E-state index contributed by atoms with van der Waals surface area (Å²) in [4.78, 5) is 21.5. The molecule has 2 heterocycles. The third-order valence-corrected chi connectivity index (χ3v) is 5.42. The number of nitrogens with zero attached hydrogens (tertiary/aromatic N) is 3. The first-order chi connectivity index (χ1) is 14.1. The number of para-hydroxylation sites is 2. The van der Waals surface area contributed by atoms with Gasteiger partial charge in [-0.15, -0.1) is 0 Å². The molecule has 29 heavy (non-hydrogen) atoms. The van der Waals surface area contributed by atoms with E-state index in [4.69, 9.17) is 0 Å². The fraction of sp³-hybridized carbons (Fsp3) is 0.250. The summed E-state index contributed by atoms with van der Waals surface area (Å²) in [6, 6.07) is 20.3. The topological polar surface area (TPSA) is 48.5 Å². The maximum Gasteiger partial charge on any atom is 0.272 e. The van der Waals surface area contributed by atoms with Gasteiger partial charge in [0.05, 0.1) is 0 Å². The minimum atomic E-state index is -0.0112. The zero-order valence-corrected chi connectivity index (χ0v) is 16.9. The summed E-state index contributed by atoms with van der Waals surface area (Å²) in [6.45, 7) is 7.21. The van der Waals surface area contributed by atoms with Crippen LogP contribution in [-0.2, 0) is 0 Å². The standard InChI is InChI=1S/C24H26N4O/c1-18-7-6-8-19(2)23(18)26-20-11-12-25-22(17-20)24(29)28-15-13-27(14-16-28)21-9-4-3-5-10-21/h3-12,17H,13-16H2,1-2H3,(H,25,26). The molecule has 5 nitrogen and oxygen atoms in total. The Labute approximate surface area is 172 Å². The van der Waals surface area contributed by atoms with Crippen molar-refractivity contribution in [1.82, 2.24) is 9.88 Å². The number of aromatic nitrogens is 1. The summed E-state index contributed by atoms with van der Waals surface area (Å²) in [6.07, 6.45) is 1.70. The van der Waals surface area contributed by atoms with Gasteiger partial charge in [-0.1, -0.05) is 36.4 Å². The average Bonchev–Trinajstić information content (AvgIpc) is 2.77. The van der Waals surface area contributed by atoms with Crippen molar-refractivity contribution >= 4 is 23.0 Å². The van der Waals surface area contributed by atoms with Gasteiger partial charge >= 0.3 is 0 Å². The van der Waals surface area contributed by atoms with Crippen LogP contribution in [0.2, 0.25) is 0 Å². The van der Waals surface area contributed by atoms with Crippen LogP contribution in [0.3, 0.4) is 0 Å². The molecule has 4 rings (SSSR count). The van der Waals surface area contributed by atoms with Crippen LogP contribution in [0.5, 0.6) is 0 Å². The second-order valence-corrected chi connectivity index (χ2v) is 7.44. The molecule has 148 valence electrons. The van der Waals surface area contributed by atoms with Crippen molar-refractivity contribution in [3.63, 3.8) is 0 Å². The Morgan fingerprint density at radius 2 is 1.59 bits per heavy atom. The molecule has 1 aliphatic rings. The summed E-state index contributed by atoms with van der Waals surface area (Å²) < 4.78 is 0. The van der Waals surface area contributed by atoms with Gasteiger partial charge in [0.2, 0.25) is 0 Å². The highest BCUT2D eigenvalue weighted by Crippen LogP contribution is 2.25. The third kappa shape index (κ3) is 4.24. The van der Waals surface area contributed by atoms with Gasteiger partial charge in [0.25, 0.3) is 5.91 Å². The number of carbonyl (C=O) groups excluding carboxylic acids is 1. The Morgan fingerprint density at radius 3 is 2.28 bits per heavy atom. The van der Waals surface area contributed by atoms with Crippen LogP contribution in [0.15, 0.2) is 66.9 Å². The maximum absolute atomic E-state index is 13.0. The minimum Gasteiger partial charge on any atom is -0.368 e. The van der Waals surface area contributed by atoms with E-state index in [1.165, 1.54) is 16.8 Å². The van der Waals surface area contributed by atoms with E-state index < -0.39 is 0 Å². The van der Waals surface area contributed by atoms with Crippen LogP contribution in [0.1, 0.15) is 21.6 Å². The predicted molar refractivity (Wildman–Crippen MR) is 118 cm³/mol. The molecule has 0 saturated carbocycles. The van der Waals surface area contributed by atoms with Crippen molar-refractivity contribution < 1.29 is 4.79 Å². The van der Waals surface area contributed by atoms with Crippen LogP contribution in [-0.4, -0.2) is 42.0 Å². The summed E-state index contributed by atoms with van der Waals surface area (Å²) in [5.41, 5.74) is 5.99. The lowest BCUT2D eigenvalue weighted by atomic mass is 10.1. The third-order valence-electron chi connectivity index (χ3n) is 5.42. The lowest BCUT2D eigenvalue weighted by molar-refractivity contribution is 0.0741. The number of aryl methyl sites for hydroxylation is 2. The van der Waals surface area contributed by atoms with Gasteiger partial charge < -0.3 is 15.1 Å². The van der Waals surface area contributed by atoms with Crippen molar-refractivity contribution in [2.75, 3.05) is 36.4 Å². The molecule has 3 aromatic rings. The smallest absolute Gasteiger partial charge is 0.272 e.